The second-order valence-electron chi connectivity index (χ2n) is 4.64. The Morgan fingerprint density at radius 2 is 1.78 bits per heavy atom. The van der Waals surface area contributed by atoms with Crippen molar-refractivity contribution in [2.45, 2.75) is 11.0 Å². The first kappa shape index (κ1) is 17.0. The van der Waals surface area contributed by atoms with Crippen molar-refractivity contribution in [1.82, 2.24) is 4.72 Å². The Morgan fingerprint density at radius 1 is 1.17 bits per heavy atom. The van der Waals surface area contributed by atoms with Crippen LogP contribution in [0.15, 0.2) is 53.4 Å². The molecular weight excluding hydrogens is 327 g/mol. The second-order valence-corrected chi connectivity index (χ2v) is 6.38. The molecule has 0 radical (unpaired) electrons. The van der Waals surface area contributed by atoms with Gasteiger partial charge in [-0.2, -0.15) is 0 Å². The third kappa shape index (κ3) is 4.09. The van der Waals surface area contributed by atoms with E-state index < -0.39 is 44.0 Å². The van der Waals surface area contributed by atoms with Crippen molar-refractivity contribution in [2.75, 3.05) is 6.54 Å². The number of para-hydroxylation sites is 1. The molecule has 0 aliphatic carbocycles. The van der Waals surface area contributed by atoms with E-state index in [1.54, 1.807) is 0 Å². The summed E-state index contributed by atoms with van der Waals surface area (Å²) in [6.45, 7) is -0.403. The Labute approximate surface area is 131 Å². The van der Waals surface area contributed by atoms with Gasteiger partial charge in [-0.25, -0.2) is 17.5 Å². The Kier molecular flexibility index (Phi) is 5.04. The SMILES string of the molecule is O=[N+]([O-])c1ccccc1S(=O)(=O)NC[C@@H](O)c1ccc(F)cc1. The van der Waals surface area contributed by atoms with Gasteiger partial charge in [0, 0.05) is 12.6 Å². The molecule has 0 saturated heterocycles. The molecule has 0 aliphatic heterocycles. The molecule has 0 unspecified atom stereocenters. The average molecular weight is 340 g/mol. The number of aliphatic hydroxyl groups excluding tert-OH is 1. The number of hydrogen-bond donors (Lipinski definition) is 2. The van der Waals surface area contributed by atoms with E-state index in [4.69, 9.17) is 0 Å². The van der Waals surface area contributed by atoms with E-state index in [-0.39, 0.29) is 0 Å². The Balaban J connectivity index is 2.16. The predicted molar refractivity (Wildman–Crippen MR) is 79.6 cm³/mol. The largest absolute Gasteiger partial charge is 0.387 e. The van der Waals surface area contributed by atoms with Gasteiger partial charge in [-0.1, -0.05) is 24.3 Å². The highest BCUT2D eigenvalue weighted by atomic mass is 32.2. The first-order valence-corrected chi connectivity index (χ1v) is 7.96. The number of nitrogens with zero attached hydrogens (tertiary/aromatic N) is 1. The van der Waals surface area contributed by atoms with Crippen molar-refractivity contribution >= 4 is 15.7 Å². The van der Waals surface area contributed by atoms with E-state index in [1.165, 1.54) is 24.3 Å². The highest BCUT2D eigenvalue weighted by Gasteiger charge is 2.25. The Hall–Kier alpha value is -2.36. The van der Waals surface area contributed by atoms with E-state index in [9.17, 15) is 28.0 Å². The number of nitro benzene ring substituents is 1. The van der Waals surface area contributed by atoms with Crippen LogP contribution < -0.4 is 4.72 Å². The summed E-state index contributed by atoms with van der Waals surface area (Å²) in [4.78, 5) is 9.60. The van der Waals surface area contributed by atoms with Crippen LogP contribution in [0.4, 0.5) is 10.1 Å². The van der Waals surface area contributed by atoms with Gasteiger partial charge in [0.2, 0.25) is 10.0 Å². The van der Waals surface area contributed by atoms with Gasteiger partial charge in [0.05, 0.1) is 11.0 Å². The zero-order valence-electron chi connectivity index (χ0n) is 11.7. The maximum Gasteiger partial charge on any atom is 0.289 e. The minimum absolute atomic E-state index is 0.316. The summed E-state index contributed by atoms with van der Waals surface area (Å²) < 4.78 is 39.2. The first-order chi connectivity index (χ1) is 10.8. The highest BCUT2D eigenvalue weighted by molar-refractivity contribution is 7.89. The minimum atomic E-state index is -4.17. The van der Waals surface area contributed by atoms with E-state index in [2.05, 4.69) is 4.72 Å². The summed E-state index contributed by atoms with van der Waals surface area (Å²) in [6, 6.07) is 9.79. The third-order valence-electron chi connectivity index (χ3n) is 3.07. The fourth-order valence-electron chi connectivity index (χ4n) is 1.90. The highest BCUT2D eigenvalue weighted by Crippen LogP contribution is 2.23. The van der Waals surface area contributed by atoms with Crippen molar-refractivity contribution in [2.24, 2.45) is 0 Å². The van der Waals surface area contributed by atoms with Crippen LogP contribution in [-0.4, -0.2) is 25.0 Å². The van der Waals surface area contributed by atoms with Crippen molar-refractivity contribution in [3.8, 4) is 0 Å². The third-order valence-corrected chi connectivity index (χ3v) is 4.54. The molecule has 0 heterocycles. The molecule has 0 aliphatic rings. The van der Waals surface area contributed by atoms with Crippen LogP contribution in [-0.2, 0) is 10.0 Å². The van der Waals surface area contributed by atoms with Gasteiger partial charge in [-0.05, 0) is 23.8 Å². The average Bonchev–Trinajstić information content (AvgIpc) is 2.53. The van der Waals surface area contributed by atoms with Gasteiger partial charge in [-0.15, -0.1) is 0 Å². The molecule has 0 amide bonds. The van der Waals surface area contributed by atoms with Crippen LogP contribution in [0.5, 0.6) is 0 Å². The molecule has 0 aromatic heterocycles. The lowest BCUT2D eigenvalue weighted by Gasteiger charge is -2.12. The lowest BCUT2D eigenvalue weighted by Crippen LogP contribution is -2.29. The standard InChI is InChI=1S/C14H13FN2O5S/c15-11-7-5-10(6-8-11)13(18)9-16-23(21,22)14-4-2-1-3-12(14)17(19)20/h1-8,13,16,18H,9H2/t13-/m1/s1. The molecule has 7 nitrogen and oxygen atoms in total. The maximum absolute atomic E-state index is 12.8. The van der Waals surface area contributed by atoms with E-state index in [0.29, 0.717) is 5.56 Å². The quantitative estimate of drug-likeness (QED) is 0.615. The molecular formula is C14H13FN2O5S. The van der Waals surface area contributed by atoms with Crippen LogP contribution in [0.2, 0.25) is 0 Å². The maximum atomic E-state index is 12.8. The van der Waals surface area contributed by atoms with Gasteiger partial charge in [0.1, 0.15) is 5.82 Å². The number of hydrogen-bond acceptors (Lipinski definition) is 5. The lowest BCUT2D eigenvalue weighted by molar-refractivity contribution is -0.387. The summed E-state index contributed by atoms with van der Waals surface area (Å²) in [6.07, 6.45) is -1.21. The number of benzene rings is 2. The minimum Gasteiger partial charge on any atom is -0.387 e. The van der Waals surface area contributed by atoms with Crippen molar-refractivity contribution < 1.29 is 22.8 Å². The van der Waals surface area contributed by atoms with Gasteiger partial charge in [0.15, 0.2) is 4.90 Å². The normalized spacial score (nSPS) is 12.8. The van der Waals surface area contributed by atoms with Crippen LogP contribution in [0, 0.1) is 15.9 Å². The van der Waals surface area contributed by atoms with Crippen LogP contribution in [0.25, 0.3) is 0 Å². The van der Waals surface area contributed by atoms with Crippen LogP contribution in [0.1, 0.15) is 11.7 Å². The van der Waals surface area contributed by atoms with Crippen molar-refractivity contribution in [1.29, 1.82) is 0 Å². The number of nitrogens with one attached hydrogen (secondary N) is 1. The molecule has 0 fully saturated rings. The number of sulfonamides is 1. The molecule has 0 saturated carbocycles. The molecule has 2 aromatic rings. The molecule has 2 N–H and O–H groups in total. The predicted octanol–water partition coefficient (Wildman–Crippen LogP) is 1.75. The van der Waals surface area contributed by atoms with Crippen LogP contribution >= 0.6 is 0 Å². The smallest absolute Gasteiger partial charge is 0.289 e. The summed E-state index contributed by atoms with van der Waals surface area (Å²) in [7, 11) is -4.17. The summed E-state index contributed by atoms with van der Waals surface area (Å²) in [5, 5.41) is 20.8. The molecule has 1 atom stereocenters. The molecule has 122 valence electrons. The summed E-state index contributed by atoms with van der Waals surface area (Å²) >= 11 is 0. The fraction of sp³-hybridized carbons (Fsp3) is 0.143. The zero-order chi connectivity index (χ0) is 17.0. The molecule has 0 spiro atoms. The van der Waals surface area contributed by atoms with Crippen molar-refractivity contribution in [3.05, 3.63) is 70.0 Å². The van der Waals surface area contributed by atoms with Gasteiger partial charge >= 0.3 is 0 Å². The summed E-state index contributed by atoms with van der Waals surface area (Å²) in [5.41, 5.74) is -0.243. The second kappa shape index (κ2) is 6.82. The lowest BCUT2D eigenvalue weighted by atomic mass is 10.1. The number of aliphatic hydroxyl groups is 1. The van der Waals surface area contributed by atoms with Crippen LogP contribution in [0.3, 0.4) is 0 Å². The fourth-order valence-corrected chi connectivity index (χ4v) is 3.11. The molecule has 23 heavy (non-hydrogen) atoms. The monoisotopic (exact) mass is 340 g/mol. The zero-order valence-corrected chi connectivity index (χ0v) is 12.5. The topological polar surface area (TPSA) is 110 Å². The molecule has 0 bridgehead atoms. The van der Waals surface area contributed by atoms with E-state index in [1.807, 2.05) is 0 Å². The first-order valence-electron chi connectivity index (χ1n) is 6.48. The Morgan fingerprint density at radius 3 is 2.39 bits per heavy atom. The van der Waals surface area contributed by atoms with Gasteiger partial charge in [0.25, 0.3) is 5.69 Å². The van der Waals surface area contributed by atoms with E-state index in [0.717, 1.165) is 24.3 Å². The number of halogens is 1. The number of nitro groups is 1. The van der Waals surface area contributed by atoms with E-state index >= 15 is 0 Å². The summed E-state index contributed by atoms with van der Waals surface area (Å²) in [5.74, 6) is -0.485. The Bertz CT molecular complexity index is 808. The van der Waals surface area contributed by atoms with Gasteiger partial charge < -0.3 is 5.11 Å². The van der Waals surface area contributed by atoms with Gasteiger partial charge in [-0.3, -0.25) is 10.1 Å². The number of rotatable bonds is 6. The van der Waals surface area contributed by atoms with Crippen molar-refractivity contribution in [3.63, 3.8) is 0 Å². The molecule has 2 rings (SSSR count). The molecule has 2 aromatic carbocycles. The molecule has 9 heteroatoms.